The predicted molar refractivity (Wildman–Crippen MR) is 354 cm³/mol. The van der Waals surface area contributed by atoms with Gasteiger partial charge in [0.2, 0.25) is 0 Å². The number of hydrogen-bond donors (Lipinski definition) is 3. The number of carbonyl (C=O) groups is 4. The maximum Gasteiger partial charge on any atom is 0.472 e. The minimum atomic E-state index is -4.95. The highest BCUT2D eigenvalue weighted by Gasteiger charge is 2.30. The van der Waals surface area contributed by atoms with Gasteiger partial charge in [0.15, 0.2) is 12.2 Å². The quantitative estimate of drug-likeness (QED) is 0.0222. The van der Waals surface area contributed by atoms with Crippen LogP contribution in [0.1, 0.15) is 356 Å². The zero-order chi connectivity index (χ0) is 64.9. The Labute approximate surface area is 537 Å². The second-order valence-electron chi connectivity index (χ2n) is 25.2. The van der Waals surface area contributed by atoms with Crippen LogP contribution in [0.4, 0.5) is 0 Å². The molecule has 0 heterocycles. The maximum absolute atomic E-state index is 13.0. The van der Waals surface area contributed by atoms with E-state index in [1.165, 1.54) is 173 Å². The van der Waals surface area contributed by atoms with E-state index in [9.17, 15) is 43.2 Å². The second-order valence-corrected chi connectivity index (χ2v) is 28.1. The van der Waals surface area contributed by atoms with Crippen LogP contribution in [0.5, 0.6) is 0 Å². The van der Waals surface area contributed by atoms with Gasteiger partial charge in [0.05, 0.1) is 26.4 Å². The number of hydrogen-bond acceptors (Lipinski definition) is 15. The largest absolute Gasteiger partial charge is 0.472 e. The first-order valence-corrected chi connectivity index (χ1v) is 39.2. The first kappa shape index (κ1) is 86.1. The zero-order valence-electron chi connectivity index (χ0n) is 56.9. The van der Waals surface area contributed by atoms with E-state index < -0.39 is 97.5 Å². The lowest BCUT2D eigenvalue weighted by Crippen LogP contribution is -2.30. The number of aliphatic hydroxyl groups is 1. The van der Waals surface area contributed by atoms with Gasteiger partial charge >= 0.3 is 39.5 Å². The summed E-state index contributed by atoms with van der Waals surface area (Å²) in [5.41, 5.74) is 0. The average Bonchev–Trinajstić information content (AvgIpc) is 3.49. The summed E-state index contributed by atoms with van der Waals surface area (Å²) in [6.07, 6.45) is 48.6. The number of rotatable bonds is 69. The summed E-state index contributed by atoms with van der Waals surface area (Å²) >= 11 is 0. The SMILES string of the molecule is CCCCCCCCCCCCCCCCCCCC(=O)O[C@H](COC(=O)CCCCCCCCCCCCCCC)COP(=O)(O)OC[C@@H](O)COP(=O)(O)OC[C@@H](COC(=O)CCCCCCCCCC)OC(=O)CCCCCCCCC(C)CC. The van der Waals surface area contributed by atoms with Crippen LogP contribution in [0.2, 0.25) is 0 Å². The van der Waals surface area contributed by atoms with Crippen molar-refractivity contribution < 1.29 is 80.2 Å². The number of aliphatic hydroxyl groups excluding tert-OH is 1. The van der Waals surface area contributed by atoms with Gasteiger partial charge in [0.1, 0.15) is 19.3 Å². The third-order valence-corrected chi connectivity index (χ3v) is 18.3. The monoisotopic (exact) mass is 1300 g/mol. The van der Waals surface area contributed by atoms with Crippen molar-refractivity contribution in [3.05, 3.63) is 0 Å². The van der Waals surface area contributed by atoms with Gasteiger partial charge in [0.25, 0.3) is 0 Å². The molecular formula is C69H134O17P2. The fourth-order valence-corrected chi connectivity index (χ4v) is 12.0. The van der Waals surface area contributed by atoms with Crippen molar-refractivity contribution in [2.75, 3.05) is 39.6 Å². The molecule has 0 rings (SSSR count). The van der Waals surface area contributed by atoms with Gasteiger partial charge in [-0.15, -0.1) is 0 Å². The molecule has 0 aliphatic carbocycles. The number of unbranched alkanes of at least 4 members (excludes halogenated alkanes) is 40. The average molecular weight is 1300 g/mol. The molecule has 0 bridgehead atoms. The van der Waals surface area contributed by atoms with Crippen molar-refractivity contribution in [3.63, 3.8) is 0 Å². The van der Waals surface area contributed by atoms with E-state index in [-0.39, 0.29) is 25.7 Å². The van der Waals surface area contributed by atoms with E-state index in [1.54, 1.807) is 0 Å². The highest BCUT2D eigenvalue weighted by atomic mass is 31.2. The molecule has 88 heavy (non-hydrogen) atoms. The number of esters is 4. The van der Waals surface area contributed by atoms with Gasteiger partial charge in [-0.2, -0.15) is 0 Å². The maximum atomic E-state index is 13.0. The topological polar surface area (TPSA) is 237 Å². The highest BCUT2D eigenvalue weighted by molar-refractivity contribution is 7.47. The predicted octanol–water partition coefficient (Wildman–Crippen LogP) is 19.7. The van der Waals surface area contributed by atoms with Crippen LogP contribution in [-0.4, -0.2) is 96.7 Å². The molecule has 0 amide bonds. The van der Waals surface area contributed by atoms with Gasteiger partial charge in [-0.3, -0.25) is 37.3 Å². The summed E-state index contributed by atoms with van der Waals surface area (Å²) < 4.78 is 68.2. The van der Waals surface area contributed by atoms with Crippen molar-refractivity contribution in [1.82, 2.24) is 0 Å². The van der Waals surface area contributed by atoms with Gasteiger partial charge in [0, 0.05) is 25.7 Å². The zero-order valence-corrected chi connectivity index (χ0v) is 58.6. The summed E-state index contributed by atoms with van der Waals surface area (Å²) in [6, 6.07) is 0. The van der Waals surface area contributed by atoms with Crippen molar-refractivity contribution in [1.29, 1.82) is 0 Å². The molecule has 0 radical (unpaired) electrons. The minimum absolute atomic E-state index is 0.103. The minimum Gasteiger partial charge on any atom is -0.462 e. The van der Waals surface area contributed by atoms with Gasteiger partial charge < -0.3 is 33.8 Å². The van der Waals surface area contributed by atoms with E-state index in [0.29, 0.717) is 25.7 Å². The second kappa shape index (κ2) is 62.5. The molecule has 6 atom stereocenters. The molecule has 0 aromatic heterocycles. The Hall–Kier alpha value is -1.94. The molecule has 0 saturated carbocycles. The molecule has 3 unspecified atom stereocenters. The van der Waals surface area contributed by atoms with E-state index >= 15 is 0 Å². The van der Waals surface area contributed by atoms with Crippen LogP contribution in [0.15, 0.2) is 0 Å². The van der Waals surface area contributed by atoms with Crippen LogP contribution < -0.4 is 0 Å². The molecule has 0 aromatic carbocycles. The highest BCUT2D eigenvalue weighted by Crippen LogP contribution is 2.45. The van der Waals surface area contributed by atoms with Crippen LogP contribution in [-0.2, 0) is 65.4 Å². The van der Waals surface area contributed by atoms with Gasteiger partial charge in [-0.25, -0.2) is 9.13 Å². The molecule has 522 valence electrons. The Kier molecular flexibility index (Phi) is 61.1. The van der Waals surface area contributed by atoms with Gasteiger partial charge in [-0.05, 0) is 31.6 Å². The standard InChI is InChI=1S/C69H134O17P2/c1-6-10-13-16-19-22-24-26-27-28-29-31-33-35-38-44-49-54-68(73)85-64(58-80-67(72)53-48-43-37-34-32-30-25-23-20-17-14-11-7-2)60-83-87(75,76)81-56-63(70)57-82-88(77,78)84-61-65(59-79-66(71)52-47-42-36-21-18-15-12-8-3)86-69(74)55-50-45-40-39-41-46-51-62(5)9-4/h62-65,70H,6-61H2,1-5H3,(H,75,76)(H,77,78)/t62?,63-,64-,65-/m1/s1. The van der Waals surface area contributed by atoms with Crippen molar-refractivity contribution in [2.45, 2.75) is 374 Å². The van der Waals surface area contributed by atoms with E-state index in [2.05, 4.69) is 34.6 Å². The summed E-state index contributed by atoms with van der Waals surface area (Å²) in [5.74, 6) is -1.41. The molecule has 0 saturated heterocycles. The fraction of sp³-hybridized carbons (Fsp3) is 0.942. The van der Waals surface area contributed by atoms with Crippen molar-refractivity contribution in [3.8, 4) is 0 Å². The van der Waals surface area contributed by atoms with E-state index in [4.69, 9.17) is 37.0 Å². The Balaban J connectivity index is 5.21. The molecule has 0 aliphatic rings. The normalized spacial score (nSPS) is 14.4. The van der Waals surface area contributed by atoms with Gasteiger partial charge in [-0.1, -0.05) is 304 Å². The Morgan fingerprint density at radius 1 is 0.318 bits per heavy atom. The molecule has 19 heteroatoms. The summed E-state index contributed by atoms with van der Waals surface area (Å²) in [6.45, 7) is 7.17. The fourth-order valence-electron chi connectivity index (χ4n) is 10.4. The third kappa shape index (κ3) is 61.6. The summed E-state index contributed by atoms with van der Waals surface area (Å²) in [7, 11) is -9.89. The van der Waals surface area contributed by atoms with Crippen LogP contribution in [0, 0.1) is 5.92 Å². The molecule has 0 aromatic rings. The van der Waals surface area contributed by atoms with Crippen LogP contribution >= 0.6 is 15.6 Å². The number of carbonyl (C=O) groups excluding carboxylic acids is 4. The van der Waals surface area contributed by atoms with Crippen molar-refractivity contribution >= 4 is 39.5 Å². The Morgan fingerprint density at radius 3 is 0.807 bits per heavy atom. The lowest BCUT2D eigenvalue weighted by atomic mass is 10.00. The molecule has 17 nitrogen and oxygen atoms in total. The Morgan fingerprint density at radius 2 is 0.545 bits per heavy atom. The first-order valence-electron chi connectivity index (χ1n) is 36.2. The number of phosphoric ester groups is 2. The van der Waals surface area contributed by atoms with Crippen molar-refractivity contribution in [2.24, 2.45) is 5.92 Å². The smallest absolute Gasteiger partial charge is 0.462 e. The molecule has 0 fully saturated rings. The molecule has 0 aliphatic heterocycles. The molecular weight excluding hydrogens is 1160 g/mol. The van der Waals surface area contributed by atoms with E-state index in [0.717, 1.165) is 102 Å². The first-order chi connectivity index (χ1) is 42.6. The Bertz CT molecular complexity index is 1710. The van der Waals surface area contributed by atoms with Crippen LogP contribution in [0.3, 0.4) is 0 Å². The lowest BCUT2D eigenvalue weighted by molar-refractivity contribution is -0.161. The summed E-state index contributed by atoms with van der Waals surface area (Å²) in [4.78, 5) is 72.4. The lowest BCUT2D eigenvalue weighted by Gasteiger charge is -2.21. The number of ether oxygens (including phenoxy) is 4. The summed E-state index contributed by atoms with van der Waals surface area (Å²) in [5, 5.41) is 10.6. The molecule has 0 spiro atoms. The number of phosphoric acid groups is 2. The van der Waals surface area contributed by atoms with Crippen LogP contribution in [0.25, 0.3) is 0 Å². The molecule has 3 N–H and O–H groups in total. The third-order valence-electron chi connectivity index (χ3n) is 16.4. The van der Waals surface area contributed by atoms with E-state index in [1.807, 2.05) is 0 Å².